The highest BCUT2D eigenvalue weighted by Gasteiger charge is 2.25. The zero-order chi connectivity index (χ0) is 16.9. The molecule has 6 heteroatoms. The van der Waals surface area contributed by atoms with Gasteiger partial charge in [0.15, 0.2) is 0 Å². The van der Waals surface area contributed by atoms with Gasteiger partial charge in [-0.2, -0.15) is 0 Å². The summed E-state index contributed by atoms with van der Waals surface area (Å²) in [7, 11) is 1.64. The maximum absolute atomic E-state index is 11.8. The topological polar surface area (TPSA) is 64.7 Å². The van der Waals surface area contributed by atoms with Gasteiger partial charge in [0.1, 0.15) is 0 Å². The molecule has 1 aromatic rings. The summed E-state index contributed by atoms with van der Waals surface area (Å²) in [6.45, 7) is 5.19. The number of benzene rings is 1. The van der Waals surface area contributed by atoms with Crippen molar-refractivity contribution in [2.75, 3.05) is 39.8 Å². The zero-order valence-electron chi connectivity index (χ0n) is 14.3. The molecule has 24 heavy (non-hydrogen) atoms. The van der Waals surface area contributed by atoms with Crippen molar-refractivity contribution in [2.24, 2.45) is 0 Å². The summed E-state index contributed by atoms with van der Waals surface area (Å²) in [5.74, 6) is 0.107. The van der Waals surface area contributed by atoms with Gasteiger partial charge < -0.3 is 10.6 Å². The molecule has 1 aliphatic heterocycles. The van der Waals surface area contributed by atoms with Crippen molar-refractivity contribution in [1.82, 2.24) is 20.4 Å². The Labute approximate surface area is 143 Å². The minimum absolute atomic E-state index is 0.0559. The van der Waals surface area contributed by atoms with Gasteiger partial charge in [-0.1, -0.05) is 12.1 Å². The smallest absolute Gasteiger partial charge is 0.251 e. The lowest BCUT2D eigenvalue weighted by molar-refractivity contribution is -0.122. The molecule has 6 nitrogen and oxygen atoms in total. The molecule has 1 aromatic carbocycles. The Balaban J connectivity index is 1.41. The van der Waals surface area contributed by atoms with Crippen molar-refractivity contribution in [2.45, 2.75) is 25.4 Å². The van der Waals surface area contributed by atoms with Gasteiger partial charge in [-0.3, -0.25) is 19.4 Å². The van der Waals surface area contributed by atoms with Crippen LogP contribution in [-0.4, -0.2) is 67.4 Å². The SMILES string of the molecule is CNC(=O)c1ccc(CN2CCN(CC(=O)NC3CC3)CC2)cc1. The van der Waals surface area contributed by atoms with E-state index in [-0.39, 0.29) is 11.8 Å². The number of rotatable bonds is 6. The van der Waals surface area contributed by atoms with Crippen LogP contribution in [0, 0.1) is 0 Å². The van der Waals surface area contributed by atoms with E-state index in [0.29, 0.717) is 18.2 Å². The first-order chi connectivity index (χ1) is 11.6. The third-order valence-electron chi connectivity index (χ3n) is 4.62. The maximum atomic E-state index is 11.8. The number of carbonyl (C=O) groups excluding carboxylic acids is 2. The van der Waals surface area contributed by atoms with Crippen LogP contribution in [0.4, 0.5) is 0 Å². The van der Waals surface area contributed by atoms with Gasteiger partial charge in [0, 0.05) is 51.4 Å². The fraction of sp³-hybridized carbons (Fsp3) is 0.556. The van der Waals surface area contributed by atoms with Crippen LogP contribution in [0.2, 0.25) is 0 Å². The van der Waals surface area contributed by atoms with Gasteiger partial charge in [0.05, 0.1) is 6.54 Å². The number of piperazine rings is 1. The molecule has 0 atom stereocenters. The highest BCUT2D eigenvalue weighted by atomic mass is 16.2. The summed E-state index contributed by atoms with van der Waals surface area (Å²) < 4.78 is 0. The van der Waals surface area contributed by atoms with E-state index in [0.717, 1.165) is 45.6 Å². The largest absolute Gasteiger partial charge is 0.355 e. The van der Waals surface area contributed by atoms with Crippen molar-refractivity contribution in [3.05, 3.63) is 35.4 Å². The molecule has 2 amide bonds. The van der Waals surface area contributed by atoms with Crippen molar-refractivity contribution in [3.8, 4) is 0 Å². The zero-order valence-corrected chi connectivity index (χ0v) is 14.3. The Morgan fingerprint density at radius 1 is 1.04 bits per heavy atom. The lowest BCUT2D eigenvalue weighted by Gasteiger charge is -2.34. The normalized spacial score (nSPS) is 19.0. The fourth-order valence-electron chi connectivity index (χ4n) is 2.97. The van der Waals surface area contributed by atoms with E-state index < -0.39 is 0 Å². The first-order valence-corrected chi connectivity index (χ1v) is 8.69. The van der Waals surface area contributed by atoms with Crippen LogP contribution in [0.5, 0.6) is 0 Å². The van der Waals surface area contributed by atoms with Crippen molar-refractivity contribution < 1.29 is 9.59 Å². The average Bonchev–Trinajstić information content (AvgIpc) is 3.40. The van der Waals surface area contributed by atoms with E-state index in [1.165, 1.54) is 5.56 Å². The minimum Gasteiger partial charge on any atom is -0.355 e. The maximum Gasteiger partial charge on any atom is 0.251 e. The monoisotopic (exact) mass is 330 g/mol. The first kappa shape index (κ1) is 16.9. The Morgan fingerprint density at radius 3 is 2.25 bits per heavy atom. The Morgan fingerprint density at radius 2 is 1.67 bits per heavy atom. The number of hydrogen-bond acceptors (Lipinski definition) is 4. The molecule has 1 saturated carbocycles. The molecule has 1 heterocycles. The van der Waals surface area contributed by atoms with Gasteiger partial charge >= 0.3 is 0 Å². The summed E-state index contributed by atoms with van der Waals surface area (Å²) in [5, 5.41) is 5.68. The van der Waals surface area contributed by atoms with Crippen LogP contribution < -0.4 is 10.6 Å². The summed E-state index contributed by atoms with van der Waals surface area (Å²) in [6, 6.07) is 8.20. The highest BCUT2D eigenvalue weighted by molar-refractivity contribution is 5.93. The van der Waals surface area contributed by atoms with E-state index in [1.807, 2.05) is 24.3 Å². The molecule has 0 aromatic heterocycles. The fourth-order valence-corrected chi connectivity index (χ4v) is 2.97. The Hall–Kier alpha value is -1.92. The molecule has 130 valence electrons. The predicted octanol–water partition coefficient (Wildman–Crippen LogP) is 0.442. The van der Waals surface area contributed by atoms with Crippen LogP contribution in [0.15, 0.2) is 24.3 Å². The second kappa shape index (κ2) is 7.77. The number of carbonyl (C=O) groups is 2. The number of hydrogen-bond donors (Lipinski definition) is 2. The van der Waals surface area contributed by atoms with Crippen LogP contribution in [0.3, 0.4) is 0 Å². The Bertz CT molecular complexity index is 575. The second-order valence-electron chi connectivity index (χ2n) is 6.67. The molecule has 0 bridgehead atoms. The summed E-state index contributed by atoms with van der Waals surface area (Å²) in [4.78, 5) is 28.0. The van der Waals surface area contributed by atoms with E-state index in [9.17, 15) is 9.59 Å². The number of nitrogens with zero attached hydrogens (tertiary/aromatic N) is 2. The minimum atomic E-state index is -0.0559. The molecule has 1 saturated heterocycles. The van der Waals surface area contributed by atoms with Crippen molar-refractivity contribution in [3.63, 3.8) is 0 Å². The molecule has 2 fully saturated rings. The number of nitrogens with one attached hydrogen (secondary N) is 2. The second-order valence-corrected chi connectivity index (χ2v) is 6.67. The molecule has 0 unspecified atom stereocenters. The van der Waals surface area contributed by atoms with Gasteiger partial charge in [-0.05, 0) is 30.5 Å². The molecule has 3 rings (SSSR count). The summed E-state index contributed by atoms with van der Waals surface area (Å²) in [5.41, 5.74) is 1.90. The van der Waals surface area contributed by atoms with Crippen LogP contribution >= 0.6 is 0 Å². The first-order valence-electron chi connectivity index (χ1n) is 8.69. The van der Waals surface area contributed by atoms with Crippen LogP contribution in [0.25, 0.3) is 0 Å². The molecule has 0 spiro atoms. The Kier molecular flexibility index (Phi) is 5.48. The van der Waals surface area contributed by atoms with E-state index in [1.54, 1.807) is 7.05 Å². The van der Waals surface area contributed by atoms with E-state index in [2.05, 4.69) is 20.4 Å². The molecular weight excluding hydrogens is 304 g/mol. The highest BCUT2D eigenvalue weighted by Crippen LogP contribution is 2.18. The van der Waals surface area contributed by atoms with E-state index in [4.69, 9.17) is 0 Å². The predicted molar refractivity (Wildman–Crippen MR) is 92.7 cm³/mol. The quantitative estimate of drug-likeness (QED) is 0.795. The van der Waals surface area contributed by atoms with Gasteiger partial charge in [-0.15, -0.1) is 0 Å². The van der Waals surface area contributed by atoms with Gasteiger partial charge in [0.25, 0.3) is 5.91 Å². The third-order valence-corrected chi connectivity index (χ3v) is 4.62. The van der Waals surface area contributed by atoms with Crippen LogP contribution in [0.1, 0.15) is 28.8 Å². The van der Waals surface area contributed by atoms with Crippen LogP contribution in [-0.2, 0) is 11.3 Å². The number of amides is 2. The lowest BCUT2D eigenvalue weighted by Crippen LogP contribution is -2.49. The van der Waals surface area contributed by atoms with Crippen molar-refractivity contribution in [1.29, 1.82) is 0 Å². The summed E-state index contributed by atoms with van der Waals surface area (Å²) >= 11 is 0. The lowest BCUT2D eigenvalue weighted by atomic mass is 10.1. The molecular formula is C18H26N4O2. The van der Waals surface area contributed by atoms with E-state index >= 15 is 0 Å². The molecule has 2 N–H and O–H groups in total. The molecule has 2 aliphatic rings. The summed E-state index contributed by atoms with van der Waals surface area (Å²) in [6.07, 6.45) is 2.27. The third kappa shape index (κ3) is 4.79. The molecule has 0 radical (unpaired) electrons. The van der Waals surface area contributed by atoms with Crippen molar-refractivity contribution >= 4 is 11.8 Å². The standard InChI is InChI=1S/C18H26N4O2/c1-19-18(24)15-4-2-14(3-5-15)12-21-8-10-22(11-9-21)13-17(23)20-16-6-7-16/h2-5,16H,6-13H2,1H3,(H,19,24)(H,20,23). The van der Waals surface area contributed by atoms with Gasteiger partial charge in [-0.25, -0.2) is 0 Å². The average molecular weight is 330 g/mol. The van der Waals surface area contributed by atoms with Gasteiger partial charge in [0.2, 0.25) is 5.91 Å². The molecule has 1 aliphatic carbocycles.